The van der Waals surface area contributed by atoms with Crippen molar-refractivity contribution in [1.29, 1.82) is 0 Å². The molecule has 2 unspecified atom stereocenters. The Labute approximate surface area is 106 Å². The van der Waals surface area contributed by atoms with Crippen molar-refractivity contribution >= 4 is 6.29 Å². The van der Waals surface area contributed by atoms with Crippen molar-refractivity contribution in [2.24, 2.45) is 0 Å². The van der Waals surface area contributed by atoms with Gasteiger partial charge in [-0.2, -0.15) is 0 Å². The maximum atomic E-state index is 11.4. The normalized spacial score (nSPS) is 25.7. The third-order valence-electron chi connectivity index (χ3n) is 3.39. The van der Waals surface area contributed by atoms with E-state index in [2.05, 4.69) is 6.07 Å². The minimum Gasteiger partial charge on any atom is -0.348 e. The molecule has 0 saturated carbocycles. The first-order valence-corrected chi connectivity index (χ1v) is 6.02. The van der Waals surface area contributed by atoms with E-state index in [9.17, 15) is 4.79 Å². The summed E-state index contributed by atoms with van der Waals surface area (Å²) in [5.74, 6) is 0. The molecule has 1 saturated heterocycles. The number of ether oxygens (including phenoxy) is 1. The Morgan fingerprint density at radius 2 is 1.89 bits per heavy atom. The third kappa shape index (κ3) is 1.66. The Kier molecular flexibility index (Phi) is 2.53. The molecular weight excluding hydrogens is 224 g/mol. The lowest BCUT2D eigenvalue weighted by Crippen LogP contribution is -2.11. The first kappa shape index (κ1) is 11.2. The van der Waals surface area contributed by atoms with Crippen LogP contribution in [-0.4, -0.2) is 6.29 Å². The molecule has 1 heterocycles. The Bertz CT molecular complexity index is 577. The predicted octanol–water partition coefficient (Wildman–Crippen LogP) is 3.16. The molecule has 90 valence electrons. The van der Waals surface area contributed by atoms with Crippen LogP contribution in [0.15, 0.2) is 54.6 Å². The van der Waals surface area contributed by atoms with Gasteiger partial charge in [-0.05, 0) is 18.1 Å². The smallest absolute Gasteiger partial charge is 0.179 e. The molecule has 2 aromatic rings. The number of carbonyl (C=O) groups excluding carboxylic acids is 1. The van der Waals surface area contributed by atoms with Crippen LogP contribution in [0.2, 0.25) is 0 Å². The molecule has 18 heavy (non-hydrogen) atoms. The molecule has 1 aliphatic heterocycles. The minimum atomic E-state index is -0.783. The summed E-state index contributed by atoms with van der Waals surface area (Å²) in [6.45, 7) is 2.04. The van der Waals surface area contributed by atoms with E-state index in [1.54, 1.807) is 0 Å². The van der Waals surface area contributed by atoms with Crippen molar-refractivity contribution in [3.8, 4) is 0 Å². The van der Waals surface area contributed by atoms with Crippen LogP contribution in [0, 0.1) is 6.92 Å². The fraction of sp³-hybridized carbons (Fsp3) is 0.188. The molecule has 1 fully saturated rings. The summed E-state index contributed by atoms with van der Waals surface area (Å²) in [5, 5.41) is 0. The molecule has 3 rings (SSSR count). The van der Waals surface area contributed by atoms with Crippen LogP contribution in [0.4, 0.5) is 0 Å². The number of epoxide rings is 1. The van der Waals surface area contributed by atoms with Gasteiger partial charge >= 0.3 is 0 Å². The number of hydrogen-bond acceptors (Lipinski definition) is 2. The van der Waals surface area contributed by atoms with E-state index in [0.717, 1.165) is 17.4 Å². The zero-order valence-electron chi connectivity index (χ0n) is 10.2. The number of hydrogen-bond donors (Lipinski definition) is 0. The second-order valence-corrected chi connectivity index (χ2v) is 4.69. The van der Waals surface area contributed by atoms with Crippen molar-refractivity contribution in [2.75, 3.05) is 0 Å². The van der Waals surface area contributed by atoms with Crippen molar-refractivity contribution in [1.82, 2.24) is 0 Å². The lowest BCUT2D eigenvalue weighted by Gasteiger charge is -2.05. The van der Waals surface area contributed by atoms with Gasteiger partial charge in [-0.3, -0.25) is 4.79 Å². The molecule has 0 N–H and O–H groups in total. The summed E-state index contributed by atoms with van der Waals surface area (Å²) in [4.78, 5) is 11.4. The number of aldehydes is 1. The Balaban J connectivity index is 1.97. The van der Waals surface area contributed by atoms with Crippen molar-refractivity contribution < 1.29 is 9.53 Å². The molecule has 1 aliphatic rings. The summed E-state index contributed by atoms with van der Waals surface area (Å²) < 4.78 is 5.71. The molecule has 0 radical (unpaired) electrons. The van der Waals surface area contributed by atoms with Crippen LogP contribution in [-0.2, 0) is 15.1 Å². The van der Waals surface area contributed by atoms with Gasteiger partial charge in [0.1, 0.15) is 6.10 Å². The van der Waals surface area contributed by atoms with E-state index in [-0.39, 0.29) is 6.10 Å². The van der Waals surface area contributed by atoms with Crippen LogP contribution < -0.4 is 0 Å². The van der Waals surface area contributed by atoms with Gasteiger partial charge in [0, 0.05) is 0 Å². The summed E-state index contributed by atoms with van der Waals surface area (Å²) in [6.07, 6.45) is 0.757. The highest BCUT2D eigenvalue weighted by atomic mass is 16.6. The lowest BCUT2D eigenvalue weighted by atomic mass is 9.92. The quantitative estimate of drug-likeness (QED) is 0.607. The fourth-order valence-corrected chi connectivity index (χ4v) is 2.39. The molecule has 0 spiro atoms. The van der Waals surface area contributed by atoms with Gasteiger partial charge in [0.25, 0.3) is 0 Å². The molecular formula is C16H14O2. The highest BCUT2D eigenvalue weighted by molar-refractivity contribution is 5.72. The van der Waals surface area contributed by atoms with E-state index in [1.807, 2.05) is 55.5 Å². The van der Waals surface area contributed by atoms with Crippen LogP contribution >= 0.6 is 0 Å². The average molecular weight is 238 g/mol. The zero-order valence-corrected chi connectivity index (χ0v) is 10.2. The molecule has 2 nitrogen and oxygen atoms in total. The summed E-state index contributed by atoms with van der Waals surface area (Å²) in [6, 6.07) is 17.8. The number of rotatable bonds is 3. The van der Waals surface area contributed by atoms with Gasteiger partial charge in [0.05, 0.1) is 0 Å². The largest absolute Gasteiger partial charge is 0.348 e. The third-order valence-corrected chi connectivity index (χ3v) is 3.39. The van der Waals surface area contributed by atoms with Crippen LogP contribution in [0.3, 0.4) is 0 Å². The second kappa shape index (κ2) is 4.07. The Morgan fingerprint density at radius 3 is 2.56 bits per heavy atom. The zero-order chi connectivity index (χ0) is 12.6. The van der Waals surface area contributed by atoms with Crippen molar-refractivity contribution in [3.63, 3.8) is 0 Å². The van der Waals surface area contributed by atoms with Crippen LogP contribution in [0.1, 0.15) is 22.8 Å². The van der Waals surface area contributed by atoms with Gasteiger partial charge in [0.2, 0.25) is 0 Å². The van der Waals surface area contributed by atoms with Gasteiger partial charge in [0.15, 0.2) is 11.9 Å². The van der Waals surface area contributed by atoms with E-state index in [1.165, 1.54) is 5.56 Å². The molecule has 0 aliphatic carbocycles. The van der Waals surface area contributed by atoms with E-state index in [0.29, 0.717) is 0 Å². The average Bonchev–Trinajstić information content (AvgIpc) is 3.16. The number of aryl methyl sites for hydroxylation is 1. The molecule has 0 aromatic heterocycles. The molecule has 2 atom stereocenters. The van der Waals surface area contributed by atoms with Gasteiger partial charge in [-0.1, -0.05) is 60.2 Å². The minimum absolute atomic E-state index is 0.155. The predicted molar refractivity (Wildman–Crippen MR) is 69.2 cm³/mol. The van der Waals surface area contributed by atoms with Crippen molar-refractivity contribution in [3.05, 3.63) is 71.3 Å². The number of benzene rings is 2. The maximum Gasteiger partial charge on any atom is 0.179 e. The van der Waals surface area contributed by atoms with Crippen LogP contribution in [0.5, 0.6) is 0 Å². The first-order chi connectivity index (χ1) is 8.76. The van der Waals surface area contributed by atoms with Crippen LogP contribution in [0.25, 0.3) is 0 Å². The second-order valence-electron chi connectivity index (χ2n) is 4.69. The Morgan fingerprint density at radius 1 is 1.11 bits per heavy atom. The molecule has 0 amide bonds. The molecule has 2 heteroatoms. The van der Waals surface area contributed by atoms with Crippen molar-refractivity contribution in [2.45, 2.75) is 18.6 Å². The monoisotopic (exact) mass is 238 g/mol. The maximum absolute atomic E-state index is 11.4. The summed E-state index contributed by atoms with van der Waals surface area (Å²) >= 11 is 0. The van der Waals surface area contributed by atoms with Gasteiger partial charge in [-0.15, -0.1) is 0 Å². The first-order valence-electron chi connectivity index (χ1n) is 6.02. The van der Waals surface area contributed by atoms with E-state index < -0.39 is 5.60 Å². The van der Waals surface area contributed by atoms with E-state index in [4.69, 9.17) is 4.74 Å². The molecule has 0 bridgehead atoms. The SMILES string of the molecule is Cc1cccc(C2OC2(C=O)c2ccccc2)c1. The Hall–Kier alpha value is -1.93. The van der Waals surface area contributed by atoms with Gasteiger partial charge < -0.3 is 4.74 Å². The highest BCUT2D eigenvalue weighted by Crippen LogP contribution is 2.55. The topological polar surface area (TPSA) is 29.6 Å². The standard InChI is InChI=1S/C16H14O2/c1-12-6-5-7-13(10-12)15-16(11-17,18-15)14-8-3-2-4-9-14/h2-11,15H,1H3. The van der Waals surface area contributed by atoms with E-state index >= 15 is 0 Å². The summed E-state index contributed by atoms with van der Waals surface area (Å²) in [5.41, 5.74) is 2.38. The number of carbonyl (C=O) groups is 1. The highest BCUT2D eigenvalue weighted by Gasteiger charge is 2.58. The molecule has 2 aromatic carbocycles. The summed E-state index contributed by atoms with van der Waals surface area (Å²) in [7, 11) is 0. The fourth-order valence-electron chi connectivity index (χ4n) is 2.39. The van der Waals surface area contributed by atoms with Gasteiger partial charge in [-0.25, -0.2) is 0 Å². The lowest BCUT2D eigenvalue weighted by molar-refractivity contribution is -0.112.